The number of rotatable bonds is 10. The van der Waals surface area contributed by atoms with Crippen LogP contribution in [0.4, 0.5) is 0 Å². The number of guanidine groups is 1. The zero-order valence-corrected chi connectivity index (χ0v) is 17.4. The minimum Gasteiger partial charge on any atom is -0.382 e. The molecule has 5 heteroatoms. The monoisotopic (exact) mass is 425 g/mol. The lowest BCUT2D eigenvalue weighted by atomic mass is 10.0. The van der Waals surface area contributed by atoms with Crippen LogP contribution in [0.3, 0.4) is 0 Å². The zero-order chi connectivity index (χ0) is 15.7. The molecule has 0 amide bonds. The maximum atomic E-state index is 5.49. The van der Waals surface area contributed by atoms with Gasteiger partial charge < -0.3 is 15.4 Å². The SMILES string of the molecule is CCOCCC1(CNC(=NC)NC(C)CCC(C)C)CC1.I. The van der Waals surface area contributed by atoms with E-state index in [1.54, 1.807) is 0 Å². The van der Waals surface area contributed by atoms with Gasteiger partial charge in [0.05, 0.1) is 0 Å². The summed E-state index contributed by atoms with van der Waals surface area (Å²) < 4.78 is 5.49. The highest BCUT2D eigenvalue weighted by molar-refractivity contribution is 14.0. The highest BCUT2D eigenvalue weighted by Gasteiger charge is 2.41. The van der Waals surface area contributed by atoms with Crippen LogP contribution in [-0.2, 0) is 4.74 Å². The van der Waals surface area contributed by atoms with E-state index < -0.39 is 0 Å². The molecule has 1 saturated carbocycles. The second-order valence-electron chi connectivity index (χ2n) is 6.89. The van der Waals surface area contributed by atoms with Crippen LogP contribution < -0.4 is 10.6 Å². The van der Waals surface area contributed by atoms with Crippen LogP contribution >= 0.6 is 24.0 Å². The first kappa shape index (κ1) is 22.0. The zero-order valence-electron chi connectivity index (χ0n) is 15.1. The summed E-state index contributed by atoms with van der Waals surface area (Å²) >= 11 is 0. The molecule has 0 radical (unpaired) electrons. The van der Waals surface area contributed by atoms with Crippen molar-refractivity contribution in [1.29, 1.82) is 0 Å². The molecular formula is C17H36IN3O. The molecule has 0 aliphatic heterocycles. The summed E-state index contributed by atoms with van der Waals surface area (Å²) in [6, 6.07) is 0.470. The number of nitrogens with one attached hydrogen (secondary N) is 2. The lowest BCUT2D eigenvalue weighted by Gasteiger charge is -2.21. The minimum absolute atomic E-state index is 0. The van der Waals surface area contributed by atoms with Gasteiger partial charge in [-0.15, -0.1) is 24.0 Å². The first-order chi connectivity index (χ1) is 10.0. The van der Waals surface area contributed by atoms with Crippen molar-refractivity contribution in [3.8, 4) is 0 Å². The molecule has 1 aliphatic rings. The number of halogens is 1. The van der Waals surface area contributed by atoms with Crippen LogP contribution in [0, 0.1) is 11.3 Å². The van der Waals surface area contributed by atoms with Gasteiger partial charge in [-0.3, -0.25) is 4.99 Å². The smallest absolute Gasteiger partial charge is 0.191 e. The summed E-state index contributed by atoms with van der Waals surface area (Å²) in [5.41, 5.74) is 0.452. The van der Waals surface area contributed by atoms with Crippen LogP contribution in [0.15, 0.2) is 4.99 Å². The third-order valence-corrected chi connectivity index (χ3v) is 4.35. The first-order valence-electron chi connectivity index (χ1n) is 8.56. The Morgan fingerprint density at radius 1 is 1.23 bits per heavy atom. The van der Waals surface area contributed by atoms with Crippen LogP contribution in [0.2, 0.25) is 0 Å². The molecule has 0 spiro atoms. The van der Waals surface area contributed by atoms with E-state index in [0.717, 1.165) is 38.1 Å². The predicted molar refractivity (Wildman–Crippen MR) is 106 cm³/mol. The largest absolute Gasteiger partial charge is 0.382 e. The van der Waals surface area contributed by atoms with Gasteiger partial charge in [0.1, 0.15) is 0 Å². The van der Waals surface area contributed by atoms with E-state index in [9.17, 15) is 0 Å². The molecule has 1 rings (SSSR count). The van der Waals surface area contributed by atoms with Crippen molar-refractivity contribution in [3.63, 3.8) is 0 Å². The van der Waals surface area contributed by atoms with Crippen molar-refractivity contribution in [2.45, 2.75) is 65.8 Å². The summed E-state index contributed by atoms with van der Waals surface area (Å²) in [6.07, 6.45) is 6.23. The van der Waals surface area contributed by atoms with Gasteiger partial charge in [-0.2, -0.15) is 0 Å². The van der Waals surface area contributed by atoms with Crippen LogP contribution in [0.25, 0.3) is 0 Å². The summed E-state index contributed by atoms with van der Waals surface area (Å²) in [4.78, 5) is 4.35. The van der Waals surface area contributed by atoms with Crippen molar-refractivity contribution in [1.82, 2.24) is 10.6 Å². The van der Waals surface area contributed by atoms with Gasteiger partial charge in [0.25, 0.3) is 0 Å². The number of aliphatic imine (C=N–C) groups is 1. The Labute approximate surface area is 154 Å². The van der Waals surface area contributed by atoms with E-state index in [4.69, 9.17) is 4.74 Å². The molecule has 1 fully saturated rings. The van der Waals surface area contributed by atoms with E-state index in [1.165, 1.54) is 25.7 Å². The van der Waals surface area contributed by atoms with Gasteiger partial charge >= 0.3 is 0 Å². The lowest BCUT2D eigenvalue weighted by Crippen LogP contribution is -2.44. The Hall–Kier alpha value is -0.0400. The van der Waals surface area contributed by atoms with E-state index in [1.807, 2.05) is 7.05 Å². The molecule has 0 bridgehead atoms. The summed E-state index contributed by atoms with van der Waals surface area (Å²) in [7, 11) is 1.85. The van der Waals surface area contributed by atoms with Gasteiger partial charge in [0, 0.05) is 32.8 Å². The average molecular weight is 425 g/mol. The Morgan fingerprint density at radius 2 is 1.91 bits per heavy atom. The molecule has 22 heavy (non-hydrogen) atoms. The molecule has 1 unspecified atom stereocenters. The van der Waals surface area contributed by atoms with E-state index in [-0.39, 0.29) is 24.0 Å². The molecule has 0 aromatic rings. The molecule has 0 aromatic heterocycles. The molecule has 0 heterocycles. The highest BCUT2D eigenvalue weighted by atomic mass is 127. The fourth-order valence-electron chi connectivity index (χ4n) is 2.48. The standard InChI is InChI=1S/C17H35N3O.HI/c1-6-21-12-11-17(9-10-17)13-19-16(18-5)20-15(4)8-7-14(2)3;/h14-15H,6-13H2,1-5H3,(H2,18,19,20);1H. The lowest BCUT2D eigenvalue weighted by molar-refractivity contribution is 0.128. The summed E-state index contributed by atoms with van der Waals surface area (Å²) in [5.74, 6) is 1.70. The van der Waals surface area contributed by atoms with Gasteiger partial charge in [-0.25, -0.2) is 0 Å². The second-order valence-corrected chi connectivity index (χ2v) is 6.89. The maximum Gasteiger partial charge on any atom is 0.191 e. The molecule has 132 valence electrons. The van der Waals surface area contributed by atoms with Crippen LogP contribution in [-0.4, -0.2) is 38.8 Å². The van der Waals surface area contributed by atoms with Gasteiger partial charge in [-0.1, -0.05) is 13.8 Å². The van der Waals surface area contributed by atoms with Gasteiger partial charge in [0.2, 0.25) is 0 Å². The number of nitrogens with zero attached hydrogens (tertiary/aromatic N) is 1. The summed E-state index contributed by atoms with van der Waals surface area (Å²) in [6.45, 7) is 11.6. The topological polar surface area (TPSA) is 45.6 Å². The maximum absolute atomic E-state index is 5.49. The molecule has 0 aromatic carbocycles. The van der Waals surface area contributed by atoms with E-state index >= 15 is 0 Å². The minimum atomic E-state index is 0. The highest BCUT2D eigenvalue weighted by Crippen LogP contribution is 2.48. The molecular weight excluding hydrogens is 389 g/mol. The first-order valence-corrected chi connectivity index (χ1v) is 8.56. The fourth-order valence-corrected chi connectivity index (χ4v) is 2.48. The molecule has 4 nitrogen and oxygen atoms in total. The van der Waals surface area contributed by atoms with E-state index in [0.29, 0.717) is 11.5 Å². The summed E-state index contributed by atoms with van der Waals surface area (Å²) in [5, 5.41) is 7.00. The fraction of sp³-hybridized carbons (Fsp3) is 0.941. The molecule has 1 aliphatic carbocycles. The Balaban J connectivity index is 0.00000441. The van der Waals surface area contributed by atoms with E-state index in [2.05, 4.69) is 43.3 Å². The molecule has 2 N–H and O–H groups in total. The Morgan fingerprint density at radius 3 is 2.41 bits per heavy atom. The van der Waals surface area contributed by atoms with Gasteiger partial charge in [0.15, 0.2) is 5.96 Å². The van der Waals surface area contributed by atoms with Crippen molar-refractivity contribution in [3.05, 3.63) is 0 Å². The van der Waals surface area contributed by atoms with Gasteiger partial charge in [-0.05, 0) is 57.3 Å². The Kier molecular flexibility index (Phi) is 11.5. The number of ether oxygens (including phenoxy) is 1. The number of hydrogen-bond acceptors (Lipinski definition) is 2. The van der Waals surface area contributed by atoms with Crippen molar-refractivity contribution < 1.29 is 4.74 Å². The Bertz CT molecular complexity index is 317. The van der Waals surface area contributed by atoms with Crippen LogP contribution in [0.1, 0.15) is 59.8 Å². The third-order valence-electron chi connectivity index (χ3n) is 4.35. The van der Waals surface area contributed by atoms with Crippen LogP contribution in [0.5, 0.6) is 0 Å². The average Bonchev–Trinajstić information content (AvgIpc) is 3.22. The number of hydrogen-bond donors (Lipinski definition) is 2. The third kappa shape index (κ3) is 9.18. The second kappa shape index (κ2) is 11.5. The normalized spacial score (nSPS) is 17.8. The van der Waals surface area contributed by atoms with Crippen molar-refractivity contribution in [2.24, 2.45) is 16.3 Å². The van der Waals surface area contributed by atoms with Crippen molar-refractivity contribution >= 4 is 29.9 Å². The predicted octanol–water partition coefficient (Wildman–Crippen LogP) is 3.80. The van der Waals surface area contributed by atoms with Crippen molar-refractivity contribution in [2.75, 3.05) is 26.8 Å². The molecule has 0 saturated heterocycles. The quantitative estimate of drug-likeness (QED) is 0.242. The molecule has 1 atom stereocenters.